The lowest BCUT2D eigenvalue weighted by Crippen LogP contribution is -2.34. The molecule has 0 aliphatic carbocycles. The van der Waals surface area contributed by atoms with E-state index in [-0.39, 0.29) is 10.1 Å². The van der Waals surface area contributed by atoms with Crippen LogP contribution >= 0.6 is 23.8 Å². The first kappa shape index (κ1) is 23.5. The highest BCUT2D eigenvalue weighted by molar-refractivity contribution is 7.80. The maximum Gasteiger partial charge on any atom is 0.266 e. The summed E-state index contributed by atoms with van der Waals surface area (Å²) in [5, 5.41) is 7.57. The van der Waals surface area contributed by atoms with Crippen molar-refractivity contribution in [1.82, 2.24) is 5.32 Å². The van der Waals surface area contributed by atoms with E-state index in [2.05, 4.69) is 10.6 Å². The molecule has 9 heteroatoms. The van der Waals surface area contributed by atoms with E-state index in [4.69, 9.17) is 28.6 Å². The van der Waals surface area contributed by atoms with E-state index in [0.29, 0.717) is 33.8 Å². The van der Waals surface area contributed by atoms with E-state index >= 15 is 0 Å². The standard InChI is InChI=1S/C27H18ClN3O4S/c1-35-23-13-16-7-3-2-6-15(16)12-20(23)24(32)30-27(36)29-22-11-10-17(14-21(22)28)31-25(33)18-8-4-5-9-19(18)26(31)34/h2-14H,1H3,(H2,29,30,32,36). The van der Waals surface area contributed by atoms with Crippen molar-refractivity contribution in [3.8, 4) is 5.75 Å². The molecule has 0 saturated carbocycles. The first-order chi connectivity index (χ1) is 17.4. The molecule has 0 aromatic heterocycles. The third-order valence-electron chi connectivity index (χ3n) is 5.79. The van der Waals surface area contributed by atoms with E-state index < -0.39 is 17.7 Å². The Morgan fingerprint density at radius 3 is 2.11 bits per heavy atom. The number of ether oxygens (including phenoxy) is 1. The number of nitrogens with zero attached hydrogens (tertiary/aromatic N) is 1. The van der Waals surface area contributed by atoms with E-state index in [1.807, 2.05) is 24.3 Å². The van der Waals surface area contributed by atoms with Crippen LogP contribution in [0.25, 0.3) is 10.8 Å². The van der Waals surface area contributed by atoms with Crippen LogP contribution in [0.2, 0.25) is 5.02 Å². The maximum absolute atomic E-state index is 12.9. The summed E-state index contributed by atoms with van der Waals surface area (Å²) in [6.45, 7) is 0. The molecule has 36 heavy (non-hydrogen) atoms. The minimum atomic E-state index is -0.450. The minimum Gasteiger partial charge on any atom is -0.496 e. The summed E-state index contributed by atoms with van der Waals surface area (Å²) >= 11 is 11.7. The summed E-state index contributed by atoms with van der Waals surface area (Å²) in [7, 11) is 1.49. The molecule has 4 aromatic carbocycles. The van der Waals surface area contributed by atoms with Gasteiger partial charge in [-0.1, -0.05) is 48.0 Å². The lowest BCUT2D eigenvalue weighted by atomic mass is 10.1. The van der Waals surface area contributed by atoms with Crippen LogP contribution in [-0.2, 0) is 0 Å². The van der Waals surface area contributed by atoms with E-state index in [1.165, 1.54) is 13.2 Å². The second-order valence-corrected chi connectivity index (χ2v) is 8.78. The summed E-state index contributed by atoms with van der Waals surface area (Å²) in [4.78, 5) is 39.5. The van der Waals surface area contributed by atoms with Crippen LogP contribution in [0.1, 0.15) is 31.1 Å². The molecule has 0 radical (unpaired) electrons. The molecule has 0 spiro atoms. The summed E-state index contributed by atoms with van der Waals surface area (Å²) in [6.07, 6.45) is 0. The van der Waals surface area contributed by atoms with Crippen molar-refractivity contribution >= 4 is 68.8 Å². The van der Waals surface area contributed by atoms with Crippen LogP contribution in [0, 0.1) is 0 Å². The van der Waals surface area contributed by atoms with Crippen LogP contribution in [0.5, 0.6) is 5.75 Å². The molecule has 2 N–H and O–H groups in total. The topological polar surface area (TPSA) is 87.7 Å². The number of thiocarbonyl (C=S) groups is 1. The van der Waals surface area contributed by atoms with Gasteiger partial charge in [-0.15, -0.1) is 0 Å². The van der Waals surface area contributed by atoms with E-state index in [0.717, 1.165) is 15.7 Å². The third-order valence-corrected chi connectivity index (χ3v) is 6.31. The molecular weight excluding hydrogens is 498 g/mol. The first-order valence-corrected chi connectivity index (χ1v) is 11.6. The average molecular weight is 516 g/mol. The molecule has 178 valence electrons. The smallest absolute Gasteiger partial charge is 0.266 e. The van der Waals surface area contributed by atoms with Gasteiger partial charge in [-0.2, -0.15) is 0 Å². The highest BCUT2D eigenvalue weighted by Gasteiger charge is 2.36. The van der Waals surface area contributed by atoms with Crippen LogP contribution in [0.3, 0.4) is 0 Å². The van der Waals surface area contributed by atoms with Gasteiger partial charge in [0.15, 0.2) is 5.11 Å². The molecule has 0 unspecified atom stereocenters. The zero-order chi connectivity index (χ0) is 25.4. The summed E-state index contributed by atoms with van der Waals surface area (Å²) in [5.41, 5.74) is 1.73. The van der Waals surface area contributed by atoms with Crippen molar-refractivity contribution in [2.75, 3.05) is 17.3 Å². The average Bonchev–Trinajstić information content (AvgIpc) is 3.14. The minimum absolute atomic E-state index is 0.0191. The molecule has 1 heterocycles. The number of nitrogens with one attached hydrogen (secondary N) is 2. The predicted molar refractivity (Wildman–Crippen MR) is 143 cm³/mol. The third kappa shape index (κ3) is 4.17. The van der Waals surface area contributed by atoms with Gasteiger partial charge in [0, 0.05) is 0 Å². The van der Waals surface area contributed by atoms with Crippen molar-refractivity contribution in [2.45, 2.75) is 0 Å². The fourth-order valence-electron chi connectivity index (χ4n) is 4.06. The molecule has 0 saturated heterocycles. The van der Waals surface area contributed by atoms with Gasteiger partial charge in [0.2, 0.25) is 0 Å². The van der Waals surface area contributed by atoms with Gasteiger partial charge in [-0.05, 0) is 65.5 Å². The largest absolute Gasteiger partial charge is 0.496 e. The molecular formula is C27H18ClN3O4S. The second kappa shape index (κ2) is 9.41. The van der Waals surface area contributed by atoms with E-state index in [1.54, 1.807) is 48.5 Å². The number of benzene rings is 4. The number of fused-ring (bicyclic) bond motifs is 2. The number of hydrogen-bond donors (Lipinski definition) is 2. The van der Waals surface area contributed by atoms with Crippen LogP contribution in [0.4, 0.5) is 11.4 Å². The van der Waals surface area contributed by atoms with Gasteiger partial charge in [0.25, 0.3) is 17.7 Å². The first-order valence-electron chi connectivity index (χ1n) is 10.8. The quantitative estimate of drug-likeness (QED) is 0.278. The molecule has 3 amide bonds. The number of imide groups is 1. The molecule has 1 aliphatic rings. The lowest BCUT2D eigenvalue weighted by molar-refractivity contribution is 0.0923. The summed E-state index contributed by atoms with van der Waals surface area (Å²) in [5.74, 6) is -0.870. The highest BCUT2D eigenvalue weighted by atomic mass is 35.5. The Labute approximate surface area is 216 Å². The van der Waals surface area contributed by atoms with Gasteiger partial charge in [0.05, 0.1) is 40.2 Å². The molecule has 0 atom stereocenters. The normalized spacial score (nSPS) is 12.4. The van der Waals surface area contributed by atoms with Gasteiger partial charge in [-0.25, -0.2) is 4.90 Å². The van der Waals surface area contributed by atoms with Crippen LogP contribution in [0.15, 0.2) is 78.9 Å². The Hall–Kier alpha value is -4.27. The lowest BCUT2D eigenvalue weighted by Gasteiger charge is -2.17. The van der Waals surface area contributed by atoms with Crippen molar-refractivity contribution < 1.29 is 19.1 Å². The molecule has 0 fully saturated rings. The number of halogens is 1. The van der Waals surface area contributed by atoms with E-state index in [9.17, 15) is 14.4 Å². The maximum atomic E-state index is 12.9. The second-order valence-electron chi connectivity index (χ2n) is 7.96. The number of carbonyl (C=O) groups excluding carboxylic acids is 3. The fourth-order valence-corrected chi connectivity index (χ4v) is 4.48. The molecule has 0 bridgehead atoms. The van der Waals surface area contributed by atoms with Crippen LogP contribution in [-0.4, -0.2) is 29.9 Å². The Morgan fingerprint density at radius 2 is 1.50 bits per heavy atom. The van der Waals surface area contributed by atoms with Gasteiger partial charge in [-0.3, -0.25) is 19.7 Å². The van der Waals surface area contributed by atoms with Crippen molar-refractivity contribution in [3.63, 3.8) is 0 Å². The number of amides is 3. The Balaban J connectivity index is 1.32. The van der Waals surface area contributed by atoms with Crippen molar-refractivity contribution in [1.29, 1.82) is 0 Å². The van der Waals surface area contributed by atoms with Gasteiger partial charge >= 0.3 is 0 Å². The monoisotopic (exact) mass is 515 g/mol. The molecule has 7 nitrogen and oxygen atoms in total. The molecule has 5 rings (SSSR count). The Morgan fingerprint density at radius 1 is 0.889 bits per heavy atom. The zero-order valence-corrected chi connectivity index (χ0v) is 20.4. The predicted octanol–water partition coefficient (Wildman–Crippen LogP) is 5.43. The zero-order valence-electron chi connectivity index (χ0n) is 18.9. The SMILES string of the molecule is COc1cc2ccccc2cc1C(=O)NC(=S)Nc1ccc(N2C(=O)c3ccccc3C2=O)cc1Cl. The fraction of sp³-hybridized carbons (Fsp3) is 0.0370. The van der Waals surface area contributed by atoms with Gasteiger partial charge < -0.3 is 10.1 Å². The number of hydrogen-bond acceptors (Lipinski definition) is 5. The number of anilines is 2. The number of carbonyl (C=O) groups is 3. The molecule has 4 aromatic rings. The van der Waals surface area contributed by atoms with Crippen molar-refractivity contribution in [2.24, 2.45) is 0 Å². The number of methoxy groups -OCH3 is 1. The summed E-state index contributed by atoms with van der Waals surface area (Å²) < 4.78 is 5.39. The van der Waals surface area contributed by atoms with Crippen LogP contribution < -0.4 is 20.3 Å². The highest BCUT2D eigenvalue weighted by Crippen LogP contribution is 2.33. The summed E-state index contributed by atoms with van der Waals surface area (Å²) in [6, 6.07) is 22.4. The van der Waals surface area contributed by atoms with Crippen molar-refractivity contribution in [3.05, 3.63) is 101 Å². The number of rotatable bonds is 4. The molecule has 1 aliphatic heterocycles. The van der Waals surface area contributed by atoms with Gasteiger partial charge in [0.1, 0.15) is 5.75 Å². The Bertz CT molecular complexity index is 1550. The Kier molecular flexibility index (Phi) is 6.13.